The van der Waals surface area contributed by atoms with Crippen LogP contribution in [0, 0.1) is 17.8 Å². The fraction of sp³-hybridized carbons (Fsp3) is 0.733. The van der Waals surface area contributed by atoms with Gasteiger partial charge in [0.1, 0.15) is 25.1 Å². The smallest absolute Gasteiger partial charge is 0.123 e. The summed E-state index contributed by atoms with van der Waals surface area (Å²) >= 11 is 0. The Labute approximate surface area is 114 Å². The highest BCUT2D eigenvalue weighted by Crippen LogP contribution is 2.20. The molecule has 0 saturated heterocycles. The highest BCUT2D eigenvalue weighted by atomic mass is 16.1. The molecule has 0 rings (SSSR count). The van der Waals surface area contributed by atoms with Crippen molar-refractivity contribution in [3.05, 3.63) is 0 Å². The minimum Gasteiger partial charge on any atom is -0.303 e. The van der Waals surface area contributed by atoms with E-state index >= 15 is 0 Å². The third kappa shape index (κ3) is 9.28. The second-order valence-electron chi connectivity index (χ2n) is 5.17. The molecular weight excluding hydrogens is 244 g/mol. The van der Waals surface area contributed by atoms with Gasteiger partial charge in [-0.1, -0.05) is 19.8 Å². The van der Waals surface area contributed by atoms with Crippen LogP contribution < -0.4 is 0 Å². The van der Waals surface area contributed by atoms with E-state index in [0.717, 1.165) is 50.8 Å². The molecule has 0 aromatic heterocycles. The monoisotopic (exact) mass is 268 g/mol. The Balaban J connectivity index is 3.91. The summed E-state index contributed by atoms with van der Waals surface area (Å²) in [5, 5.41) is 0. The van der Waals surface area contributed by atoms with E-state index in [9.17, 15) is 19.2 Å². The second-order valence-corrected chi connectivity index (χ2v) is 5.17. The average Bonchev–Trinajstić information content (AvgIpc) is 2.45. The van der Waals surface area contributed by atoms with Crippen molar-refractivity contribution in [2.24, 2.45) is 17.8 Å². The van der Waals surface area contributed by atoms with Crippen LogP contribution in [-0.2, 0) is 19.2 Å². The molecule has 108 valence electrons. The van der Waals surface area contributed by atoms with E-state index in [0.29, 0.717) is 19.3 Å². The van der Waals surface area contributed by atoms with Gasteiger partial charge in [-0.15, -0.1) is 0 Å². The van der Waals surface area contributed by atoms with Crippen LogP contribution in [0.3, 0.4) is 0 Å². The average molecular weight is 268 g/mol. The third-order valence-electron chi connectivity index (χ3n) is 3.36. The molecule has 0 aliphatic heterocycles. The van der Waals surface area contributed by atoms with Gasteiger partial charge in [-0.3, -0.25) is 0 Å². The van der Waals surface area contributed by atoms with Crippen molar-refractivity contribution in [2.45, 2.75) is 51.9 Å². The molecule has 0 amide bonds. The normalized spacial score (nSPS) is 15.2. The van der Waals surface area contributed by atoms with E-state index in [1.54, 1.807) is 0 Å². The lowest BCUT2D eigenvalue weighted by atomic mass is 9.89. The Morgan fingerprint density at radius 1 is 0.789 bits per heavy atom. The lowest BCUT2D eigenvalue weighted by Crippen LogP contribution is -2.12. The summed E-state index contributed by atoms with van der Waals surface area (Å²) in [6.45, 7) is 1.88. The van der Waals surface area contributed by atoms with Gasteiger partial charge >= 0.3 is 0 Å². The number of rotatable bonds is 13. The van der Waals surface area contributed by atoms with Crippen molar-refractivity contribution in [3.63, 3.8) is 0 Å². The van der Waals surface area contributed by atoms with Crippen LogP contribution in [0.15, 0.2) is 0 Å². The summed E-state index contributed by atoms with van der Waals surface area (Å²) in [7, 11) is 0. The lowest BCUT2D eigenvalue weighted by molar-refractivity contribution is -0.114. The molecule has 0 spiro atoms. The van der Waals surface area contributed by atoms with Gasteiger partial charge < -0.3 is 19.2 Å². The summed E-state index contributed by atoms with van der Waals surface area (Å²) in [6.07, 6.45) is 8.32. The van der Waals surface area contributed by atoms with Crippen LogP contribution in [0.4, 0.5) is 0 Å². The topological polar surface area (TPSA) is 68.3 Å². The van der Waals surface area contributed by atoms with Gasteiger partial charge in [0.05, 0.1) is 0 Å². The predicted molar refractivity (Wildman–Crippen MR) is 72.7 cm³/mol. The first-order valence-electron chi connectivity index (χ1n) is 6.97. The number of hydrogen-bond acceptors (Lipinski definition) is 4. The summed E-state index contributed by atoms with van der Waals surface area (Å²) < 4.78 is 0. The molecule has 0 aromatic rings. The van der Waals surface area contributed by atoms with Crippen molar-refractivity contribution in [3.8, 4) is 0 Å². The van der Waals surface area contributed by atoms with Crippen LogP contribution in [0.5, 0.6) is 0 Å². The Bertz CT molecular complexity index is 275. The zero-order chi connectivity index (χ0) is 14.5. The number of aldehydes is 4. The fourth-order valence-corrected chi connectivity index (χ4v) is 2.09. The van der Waals surface area contributed by atoms with E-state index in [1.807, 2.05) is 6.92 Å². The number of unbranched alkanes of at least 4 members (excludes halogenated alkanes) is 1. The first-order chi connectivity index (χ1) is 9.17. The summed E-state index contributed by atoms with van der Waals surface area (Å²) in [6, 6.07) is 0. The van der Waals surface area contributed by atoms with Crippen LogP contribution in [0.2, 0.25) is 0 Å². The minimum absolute atomic E-state index is 0.0741. The molecule has 3 atom stereocenters. The summed E-state index contributed by atoms with van der Waals surface area (Å²) in [5.74, 6) is -0.243. The molecule has 0 N–H and O–H groups in total. The largest absolute Gasteiger partial charge is 0.303 e. The summed E-state index contributed by atoms with van der Waals surface area (Å²) in [4.78, 5) is 42.5. The third-order valence-corrected chi connectivity index (χ3v) is 3.36. The van der Waals surface area contributed by atoms with Crippen LogP contribution in [0.1, 0.15) is 51.9 Å². The van der Waals surface area contributed by atoms with Gasteiger partial charge in [-0.05, 0) is 25.7 Å². The fourth-order valence-electron chi connectivity index (χ4n) is 2.09. The van der Waals surface area contributed by atoms with Crippen LogP contribution in [0.25, 0.3) is 0 Å². The van der Waals surface area contributed by atoms with Crippen molar-refractivity contribution in [1.29, 1.82) is 0 Å². The van der Waals surface area contributed by atoms with Gasteiger partial charge in [-0.2, -0.15) is 0 Å². The second kappa shape index (κ2) is 11.8. The Kier molecular flexibility index (Phi) is 10.9. The molecule has 0 bridgehead atoms. The highest BCUT2D eigenvalue weighted by molar-refractivity contribution is 5.59. The maximum Gasteiger partial charge on any atom is 0.123 e. The Morgan fingerprint density at radius 3 is 1.89 bits per heavy atom. The van der Waals surface area contributed by atoms with E-state index < -0.39 is 0 Å². The van der Waals surface area contributed by atoms with Gasteiger partial charge in [0.15, 0.2) is 0 Å². The molecule has 0 aromatic carbocycles. The zero-order valence-electron chi connectivity index (χ0n) is 11.6. The van der Waals surface area contributed by atoms with Crippen molar-refractivity contribution in [1.82, 2.24) is 0 Å². The van der Waals surface area contributed by atoms with E-state index in [4.69, 9.17) is 0 Å². The molecule has 0 aliphatic carbocycles. The van der Waals surface area contributed by atoms with Crippen molar-refractivity contribution in [2.75, 3.05) is 0 Å². The molecular formula is C15H24O4. The molecule has 0 heterocycles. The quantitative estimate of drug-likeness (QED) is 0.380. The molecule has 0 radical (unpaired) electrons. The SMILES string of the molecule is CC(C=O)CCCCC(C=O)CC(C=O)CCC=O. The highest BCUT2D eigenvalue weighted by Gasteiger charge is 2.15. The number of hydrogen-bond donors (Lipinski definition) is 0. The predicted octanol–water partition coefficient (Wildman–Crippen LogP) is 2.38. The minimum atomic E-state index is -0.200. The van der Waals surface area contributed by atoms with Gasteiger partial charge in [-0.25, -0.2) is 0 Å². The first-order valence-corrected chi connectivity index (χ1v) is 6.97. The standard InChI is InChI=1S/C15H24O4/c1-13(10-17)5-2-3-6-14(11-18)9-15(12-19)7-4-8-16/h8,10-15H,2-7,9H2,1H3. The van der Waals surface area contributed by atoms with E-state index in [-0.39, 0.29) is 17.8 Å². The maximum atomic E-state index is 11.0. The van der Waals surface area contributed by atoms with Crippen molar-refractivity contribution >= 4 is 25.1 Å². The molecule has 0 saturated carbocycles. The van der Waals surface area contributed by atoms with Crippen molar-refractivity contribution < 1.29 is 19.2 Å². The molecule has 0 aliphatic rings. The lowest BCUT2D eigenvalue weighted by Gasteiger charge is -2.14. The molecule has 4 nitrogen and oxygen atoms in total. The zero-order valence-corrected chi connectivity index (χ0v) is 11.6. The van der Waals surface area contributed by atoms with Gasteiger partial charge in [0.25, 0.3) is 0 Å². The van der Waals surface area contributed by atoms with Crippen LogP contribution >= 0.6 is 0 Å². The van der Waals surface area contributed by atoms with Gasteiger partial charge in [0, 0.05) is 24.2 Å². The van der Waals surface area contributed by atoms with Crippen LogP contribution in [-0.4, -0.2) is 25.1 Å². The Morgan fingerprint density at radius 2 is 1.37 bits per heavy atom. The van der Waals surface area contributed by atoms with Gasteiger partial charge in [0.2, 0.25) is 0 Å². The molecule has 3 unspecified atom stereocenters. The van der Waals surface area contributed by atoms with E-state index in [1.165, 1.54) is 0 Å². The number of carbonyl (C=O) groups excluding carboxylic acids is 4. The summed E-state index contributed by atoms with van der Waals surface area (Å²) in [5.41, 5.74) is 0. The van der Waals surface area contributed by atoms with E-state index in [2.05, 4.69) is 0 Å². The first kappa shape index (κ1) is 17.7. The molecule has 19 heavy (non-hydrogen) atoms. The Hall–Kier alpha value is -1.32. The molecule has 4 heteroatoms. The number of carbonyl (C=O) groups is 4. The molecule has 0 fully saturated rings. The maximum absolute atomic E-state index is 11.0.